The third kappa shape index (κ3) is 5.71. The van der Waals surface area contributed by atoms with E-state index in [9.17, 15) is 13.5 Å². The molecule has 12 heteroatoms. The minimum Gasteiger partial charge on any atom is -0.504 e. The first-order valence-electron chi connectivity index (χ1n) is 11.5. The van der Waals surface area contributed by atoms with E-state index in [0.29, 0.717) is 22.1 Å². The first-order valence-corrected chi connectivity index (χ1v) is 14.4. The molecule has 1 aromatic carbocycles. The Kier molecular flexibility index (Phi) is 8.14. The maximum Gasteiger partial charge on any atom is 0.269 e. The van der Waals surface area contributed by atoms with Crippen molar-refractivity contribution in [3.63, 3.8) is 0 Å². The third-order valence-corrected chi connectivity index (χ3v) is 9.21. The molecule has 1 aromatic heterocycles. The van der Waals surface area contributed by atoms with Crippen LogP contribution in [-0.2, 0) is 22.2 Å². The van der Waals surface area contributed by atoms with Gasteiger partial charge in [-0.2, -0.15) is 0 Å². The van der Waals surface area contributed by atoms with Gasteiger partial charge in [-0.05, 0) is 78.5 Å². The van der Waals surface area contributed by atoms with Crippen molar-refractivity contribution in [3.8, 4) is 5.75 Å². The lowest BCUT2D eigenvalue weighted by atomic mass is 9.94. The predicted molar refractivity (Wildman–Crippen MR) is 143 cm³/mol. The van der Waals surface area contributed by atoms with Crippen LogP contribution in [0.3, 0.4) is 0 Å². The summed E-state index contributed by atoms with van der Waals surface area (Å²) in [5.74, 6) is 1.88. The summed E-state index contributed by atoms with van der Waals surface area (Å²) in [6.45, 7) is 4.24. The fourth-order valence-electron chi connectivity index (χ4n) is 4.26. The molecule has 4 rings (SSSR count). The highest BCUT2D eigenvalue weighted by Crippen LogP contribution is 2.39. The molecule has 190 valence electrons. The summed E-state index contributed by atoms with van der Waals surface area (Å²) in [6.07, 6.45) is 6.20. The first kappa shape index (κ1) is 26.1. The van der Waals surface area contributed by atoms with Crippen LogP contribution in [0, 0.1) is 5.92 Å². The fraction of sp³-hybridized carbons (Fsp3) is 0.478. The van der Waals surface area contributed by atoms with Gasteiger partial charge in [-0.25, -0.2) is 12.7 Å². The average Bonchev–Trinajstić information content (AvgIpc) is 3.55. The molecule has 2 aromatic rings. The summed E-state index contributed by atoms with van der Waals surface area (Å²) >= 11 is 1.56. The molecule has 2 aliphatic rings. The molecule has 3 atom stereocenters. The molecule has 1 aliphatic heterocycles. The minimum absolute atomic E-state index is 0.152. The highest BCUT2D eigenvalue weighted by molar-refractivity contribution is 9.10. The van der Waals surface area contributed by atoms with Gasteiger partial charge >= 0.3 is 0 Å². The SMILES string of the molecule is CC(C)c1coc([C@H](NC2=NS(=O)N=C2Nc2ccc(Br)c(S(=O)N(C)C)c2O)C2CCCC2)c1. The highest BCUT2D eigenvalue weighted by atomic mass is 79.9. The summed E-state index contributed by atoms with van der Waals surface area (Å²) in [4.78, 5) is 0.229. The number of nitrogens with one attached hydrogen (secondary N) is 2. The first-order chi connectivity index (χ1) is 16.7. The van der Waals surface area contributed by atoms with Crippen LogP contribution in [0.25, 0.3) is 0 Å². The number of anilines is 1. The lowest BCUT2D eigenvalue weighted by molar-refractivity contribution is 0.345. The Morgan fingerprint density at radius 1 is 1.23 bits per heavy atom. The molecule has 2 heterocycles. The Labute approximate surface area is 218 Å². The Bertz CT molecular complexity index is 1200. The average molecular weight is 585 g/mol. The van der Waals surface area contributed by atoms with E-state index in [1.807, 2.05) is 0 Å². The molecule has 1 saturated carbocycles. The van der Waals surface area contributed by atoms with Crippen molar-refractivity contribution < 1.29 is 17.9 Å². The molecule has 2 unspecified atom stereocenters. The molecule has 0 spiro atoms. The van der Waals surface area contributed by atoms with Crippen molar-refractivity contribution >= 4 is 55.4 Å². The summed E-state index contributed by atoms with van der Waals surface area (Å²) < 4.78 is 41.2. The largest absolute Gasteiger partial charge is 0.504 e. The second kappa shape index (κ2) is 10.9. The number of phenolic OH excluding ortho intramolecular Hbond substituents is 1. The number of nitrogens with zero attached hydrogens (tertiary/aromatic N) is 3. The quantitative estimate of drug-likeness (QED) is 0.403. The van der Waals surface area contributed by atoms with Gasteiger partial charge in [-0.3, -0.25) is 0 Å². The van der Waals surface area contributed by atoms with Gasteiger partial charge in [0.2, 0.25) is 0 Å². The normalized spacial score (nSPS) is 20.3. The van der Waals surface area contributed by atoms with E-state index in [0.717, 1.165) is 37.0 Å². The fourth-order valence-corrected chi connectivity index (χ4v) is 6.49. The van der Waals surface area contributed by atoms with Crippen molar-refractivity contribution in [3.05, 3.63) is 40.3 Å². The third-order valence-electron chi connectivity index (χ3n) is 6.18. The van der Waals surface area contributed by atoms with E-state index in [2.05, 4.69) is 55.3 Å². The number of amidine groups is 2. The van der Waals surface area contributed by atoms with Gasteiger partial charge in [0, 0.05) is 4.47 Å². The topological polar surface area (TPSA) is 120 Å². The number of rotatable bonds is 7. The molecule has 0 bridgehead atoms. The molecular formula is C23H30BrN5O4S2. The maximum atomic E-state index is 12.7. The number of halogens is 1. The Balaban J connectivity index is 1.61. The molecule has 35 heavy (non-hydrogen) atoms. The number of hydrogen-bond donors (Lipinski definition) is 3. The molecule has 3 N–H and O–H groups in total. The summed E-state index contributed by atoms with van der Waals surface area (Å²) in [5, 5.41) is 17.3. The molecular weight excluding hydrogens is 554 g/mol. The lowest BCUT2D eigenvalue weighted by Gasteiger charge is -2.24. The number of hydrogen-bond acceptors (Lipinski definition) is 6. The zero-order chi connectivity index (χ0) is 25.3. The van der Waals surface area contributed by atoms with E-state index >= 15 is 0 Å². The van der Waals surface area contributed by atoms with Crippen LogP contribution in [0.2, 0.25) is 0 Å². The second-order valence-electron chi connectivity index (χ2n) is 9.17. The van der Waals surface area contributed by atoms with Crippen LogP contribution in [-0.4, -0.2) is 43.6 Å². The van der Waals surface area contributed by atoms with Crippen LogP contribution in [0.5, 0.6) is 5.75 Å². The Hall–Kier alpha value is -2.02. The van der Waals surface area contributed by atoms with Crippen LogP contribution in [0.4, 0.5) is 5.69 Å². The summed E-state index contributed by atoms with van der Waals surface area (Å²) in [6, 6.07) is 5.24. The van der Waals surface area contributed by atoms with Crippen molar-refractivity contribution in [1.29, 1.82) is 0 Å². The van der Waals surface area contributed by atoms with Crippen LogP contribution >= 0.6 is 15.9 Å². The van der Waals surface area contributed by atoms with E-state index in [1.54, 1.807) is 32.5 Å². The van der Waals surface area contributed by atoms with E-state index in [1.165, 1.54) is 4.31 Å². The number of benzene rings is 1. The second-order valence-corrected chi connectivity index (χ2v) is 12.5. The molecule has 0 radical (unpaired) electrons. The Morgan fingerprint density at radius 2 is 1.91 bits per heavy atom. The van der Waals surface area contributed by atoms with Gasteiger partial charge < -0.3 is 20.2 Å². The van der Waals surface area contributed by atoms with Crippen molar-refractivity contribution in [1.82, 2.24) is 9.62 Å². The van der Waals surface area contributed by atoms with Crippen LogP contribution in [0.15, 0.2) is 47.0 Å². The van der Waals surface area contributed by atoms with Gasteiger partial charge in [-0.1, -0.05) is 26.7 Å². The number of furan rings is 1. The van der Waals surface area contributed by atoms with Crippen molar-refractivity contribution in [2.75, 3.05) is 19.4 Å². The van der Waals surface area contributed by atoms with Crippen LogP contribution in [0.1, 0.15) is 62.8 Å². The molecule has 0 saturated heterocycles. The monoisotopic (exact) mass is 583 g/mol. The highest BCUT2D eigenvalue weighted by Gasteiger charge is 2.33. The summed E-state index contributed by atoms with van der Waals surface area (Å²) in [7, 11) is 1.73. The van der Waals surface area contributed by atoms with Gasteiger partial charge in [0.1, 0.15) is 21.6 Å². The lowest BCUT2D eigenvalue weighted by Crippen LogP contribution is -2.39. The standard InChI is InChI=1S/C23H30BrN5O4S2/c1-13(2)15-11-18(33-12-15)19(14-7-5-6-8-14)26-23-22(27-35(32)28-23)25-17-10-9-16(24)21(20(17)30)34(31)29(3)4/h9-14,19,30H,5-8H2,1-4H3,(H,25,27)(H,26,28)/t19-,34?,35?/m1/s1. The number of phenols is 1. The number of aromatic hydroxyl groups is 1. The summed E-state index contributed by atoms with van der Waals surface area (Å²) in [5.41, 5.74) is 1.40. The minimum atomic E-state index is -1.80. The smallest absolute Gasteiger partial charge is 0.269 e. The van der Waals surface area contributed by atoms with E-state index in [4.69, 9.17) is 4.42 Å². The van der Waals surface area contributed by atoms with Crippen molar-refractivity contribution in [2.24, 2.45) is 14.7 Å². The van der Waals surface area contributed by atoms with Crippen LogP contribution < -0.4 is 10.6 Å². The maximum absolute atomic E-state index is 12.7. The molecule has 9 nitrogen and oxygen atoms in total. The van der Waals surface area contributed by atoms with E-state index in [-0.39, 0.29) is 28.2 Å². The van der Waals surface area contributed by atoms with Gasteiger partial charge in [0.25, 0.3) is 11.2 Å². The van der Waals surface area contributed by atoms with Gasteiger partial charge in [0.15, 0.2) is 17.4 Å². The molecule has 1 aliphatic carbocycles. The zero-order valence-corrected chi connectivity index (χ0v) is 23.3. The van der Waals surface area contributed by atoms with Crippen molar-refractivity contribution in [2.45, 2.75) is 56.4 Å². The molecule has 1 fully saturated rings. The van der Waals surface area contributed by atoms with Gasteiger partial charge in [-0.15, -0.1) is 8.80 Å². The molecule has 0 amide bonds. The van der Waals surface area contributed by atoms with Gasteiger partial charge in [0.05, 0.1) is 18.0 Å². The zero-order valence-electron chi connectivity index (χ0n) is 20.1. The predicted octanol–water partition coefficient (Wildman–Crippen LogP) is 4.78. The van der Waals surface area contributed by atoms with E-state index < -0.39 is 22.2 Å². The Morgan fingerprint density at radius 3 is 2.54 bits per heavy atom.